The average molecular weight is 583 g/mol. The average Bonchev–Trinajstić information content (AvgIpc) is 2.88. The van der Waals surface area contributed by atoms with Crippen molar-refractivity contribution in [1.82, 2.24) is 10.2 Å². The smallest absolute Gasteiger partial charge is 0.264 e. The molecule has 7 nitrogen and oxygen atoms in total. The van der Waals surface area contributed by atoms with Crippen LogP contribution < -0.4 is 9.62 Å². The number of halogens is 3. The third kappa shape index (κ3) is 6.76. The molecule has 0 saturated carbocycles. The summed E-state index contributed by atoms with van der Waals surface area (Å²) < 4.78 is 28.4. The van der Waals surface area contributed by atoms with Gasteiger partial charge in [0.05, 0.1) is 10.6 Å². The van der Waals surface area contributed by atoms with E-state index in [1.54, 1.807) is 56.3 Å². The summed E-state index contributed by atoms with van der Waals surface area (Å²) >= 11 is 18.7. The van der Waals surface area contributed by atoms with Crippen molar-refractivity contribution in [3.63, 3.8) is 0 Å². The van der Waals surface area contributed by atoms with Gasteiger partial charge in [0.25, 0.3) is 10.0 Å². The number of sulfonamides is 1. The van der Waals surface area contributed by atoms with Crippen molar-refractivity contribution in [2.24, 2.45) is 0 Å². The molecular formula is C26H26Cl3N3O4S. The third-order valence-corrected chi connectivity index (χ3v) is 8.61. The Labute approximate surface area is 232 Å². The number of carbonyl (C=O) groups is 2. The lowest BCUT2D eigenvalue weighted by molar-refractivity contribution is -0.139. The zero-order chi connectivity index (χ0) is 27.3. The predicted molar refractivity (Wildman–Crippen MR) is 148 cm³/mol. The Morgan fingerprint density at radius 1 is 0.946 bits per heavy atom. The highest BCUT2D eigenvalue weighted by Gasteiger charge is 2.32. The quantitative estimate of drug-likeness (QED) is 0.370. The van der Waals surface area contributed by atoms with Crippen LogP contribution in [0.25, 0.3) is 0 Å². The Balaban J connectivity index is 2.06. The van der Waals surface area contributed by atoms with Crippen molar-refractivity contribution in [1.29, 1.82) is 0 Å². The lowest BCUT2D eigenvalue weighted by Gasteiger charge is -2.32. The number of nitrogens with one attached hydrogen (secondary N) is 1. The minimum atomic E-state index is -4.17. The van der Waals surface area contributed by atoms with Gasteiger partial charge in [-0.15, -0.1) is 0 Å². The maximum atomic E-state index is 13.7. The topological polar surface area (TPSA) is 86.8 Å². The molecule has 3 aromatic carbocycles. The van der Waals surface area contributed by atoms with Crippen LogP contribution >= 0.6 is 34.8 Å². The summed E-state index contributed by atoms with van der Waals surface area (Å²) in [5, 5.41) is 3.61. The van der Waals surface area contributed by atoms with Crippen molar-refractivity contribution in [2.75, 3.05) is 17.9 Å². The molecule has 11 heteroatoms. The second-order valence-electron chi connectivity index (χ2n) is 8.31. The molecule has 196 valence electrons. The van der Waals surface area contributed by atoms with Crippen LogP contribution in [-0.4, -0.2) is 44.8 Å². The summed E-state index contributed by atoms with van der Waals surface area (Å²) in [6.45, 7) is 2.72. The minimum Gasteiger partial charge on any atom is -0.357 e. The lowest BCUT2D eigenvalue weighted by Crippen LogP contribution is -2.50. The first-order chi connectivity index (χ1) is 17.4. The molecule has 0 aliphatic heterocycles. The largest absolute Gasteiger partial charge is 0.357 e. The van der Waals surface area contributed by atoms with E-state index in [-0.39, 0.29) is 17.1 Å². The van der Waals surface area contributed by atoms with Gasteiger partial charge in [-0.1, -0.05) is 65.1 Å². The zero-order valence-electron chi connectivity index (χ0n) is 20.4. The fourth-order valence-corrected chi connectivity index (χ4v) is 5.68. The Morgan fingerprint density at radius 3 is 2.22 bits per heavy atom. The molecule has 37 heavy (non-hydrogen) atoms. The van der Waals surface area contributed by atoms with Gasteiger partial charge in [0.2, 0.25) is 11.8 Å². The number of amides is 2. The molecule has 0 aliphatic carbocycles. The van der Waals surface area contributed by atoms with Crippen molar-refractivity contribution in [3.05, 3.63) is 92.9 Å². The van der Waals surface area contributed by atoms with Crippen LogP contribution in [0.15, 0.2) is 71.6 Å². The van der Waals surface area contributed by atoms with Crippen LogP contribution in [0.3, 0.4) is 0 Å². The standard InChI is InChI=1S/C26H26Cl3N3O4S/c1-17-9-12-21(14-23(17)28)32(37(35,36)22-7-5-4-6-8-22)16-25(33)31(18(2)26(34)30-3)15-19-10-11-20(27)13-24(19)29/h4-14,18H,15-16H2,1-3H3,(H,30,34)/t18-/m0/s1. The van der Waals surface area contributed by atoms with Gasteiger partial charge in [-0.05, 0) is 61.4 Å². The van der Waals surface area contributed by atoms with Gasteiger partial charge in [-0.2, -0.15) is 0 Å². The van der Waals surface area contributed by atoms with Gasteiger partial charge in [-0.25, -0.2) is 8.42 Å². The predicted octanol–water partition coefficient (Wildman–Crippen LogP) is 5.31. The number of hydrogen-bond donors (Lipinski definition) is 1. The number of hydrogen-bond acceptors (Lipinski definition) is 4. The van der Waals surface area contributed by atoms with Crippen LogP contribution in [0, 0.1) is 6.92 Å². The maximum absolute atomic E-state index is 13.7. The van der Waals surface area contributed by atoms with E-state index < -0.39 is 34.4 Å². The first-order valence-corrected chi connectivity index (χ1v) is 13.8. The Kier molecular flexibility index (Phi) is 9.47. The van der Waals surface area contributed by atoms with E-state index in [4.69, 9.17) is 34.8 Å². The summed E-state index contributed by atoms with van der Waals surface area (Å²) in [5.74, 6) is -1.03. The molecule has 0 saturated heterocycles. The molecular weight excluding hydrogens is 557 g/mol. The molecule has 1 atom stereocenters. The molecule has 2 amide bonds. The highest BCUT2D eigenvalue weighted by Crippen LogP contribution is 2.29. The molecule has 0 unspecified atom stereocenters. The number of rotatable bonds is 9. The van der Waals surface area contributed by atoms with Gasteiger partial charge in [0, 0.05) is 28.7 Å². The summed E-state index contributed by atoms with van der Waals surface area (Å²) in [5.41, 5.74) is 1.51. The summed E-state index contributed by atoms with van der Waals surface area (Å²) in [6, 6.07) is 16.4. The molecule has 0 heterocycles. The second kappa shape index (κ2) is 12.2. The molecule has 1 N–H and O–H groups in total. The third-order valence-electron chi connectivity index (χ3n) is 5.82. The minimum absolute atomic E-state index is 0.00569. The number of benzene rings is 3. The van der Waals surface area contributed by atoms with Gasteiger partial charge in [-0.3, -0.25) is 13.9 Å². The Hall–Kier alpha value is -2.78. The number of anilines is 1. The van der Waals surface area contributed by atoms with Crippen molar-refractivity contribution in [3.8, 4) is 0 Å². The van der Waals surface area contributed by atoms with E-state index >= 15 is 0 Å². The van der Waals surface area contributed by atoms with E-state index in [1.165, 1.54) is 36.2 Å². The summed E-state index contributed by atoms with van der Waals surface area (Å²) in [7, 11) is -2.71. The fourth-order valence-electron chi connectivity index (χ4n) is 3.61. The molecule has 0 fully saturated rings. The molecule has 0 bridgehead atoms. The van der Waals surface area contributed by atoms with Gasteiger partial charge < -0.3 is 10.2 Å². The normalized spacial score (nSPS) is 12.1. The van der Waals surface area contributed by atoms with Crippen LogP contribution in [0.4, 0.5) is 5.69 Å². The first-order valence-electron chi connectivity index (χ1n) is 11.2. The monoisotopic (exact) mass is 581 g/mol. The number of aryl methyl sites for hydroxylation is 1. The second-order valence-corrected chi connectivity index (χ2v) is 11.4. The Bertz CT molecular complexity index is 1400. The zero-order valence-corrected chi connectivity index (χ0v) is 23.5. The van der Waals surface area contributed by atoms with Crippen LogP contribution in [0.2, 0.25) is 15.1 Å². The van der Waals surface area contributed by atoms with E-state index in [0.717, 1.165) is 9.87 Å². The maximum Gasteiger partial charge on any atom is 0.264 e. The van der Waals surface area contributed by atoms with Crippen LogP contribution in [-0.2, 0) is 26.2 Å². The molecule has 0 aromatic heterocycles. The van der Waals surface area contributed by atoms with Crippen molar-refractivity contribution in [2.45, 2.75) is 31.3 Å². The molecule has 0 aliphatic rings. The molecule has 0 spiro atoms. The van der Waals surface area contributed by atoms with Crippen molar-refractivity contribution < 1.29 is 18.0 Å². The van der Waals surface area contributed by atoms with Gasteiger partial charge in [0.15, 0.2) is 0 Å². The Morgan fingerprint density at radius 2 is 1.62 bits per heavy atom. The summed E-state index contributed by atoms with van der Waals surface area (Å²) in [6.07, 6.45) is 0. The van der Waals surface area contributed by atoms with E-state index in [0.29, 0.717) is 20.6 Å². The van der Waals surface area contributed by atoms with Gasteiger partial charge in [0.1, 0.15) is 12.6 Å². The van der Waals surface area contributed by atoms with Crippen LogP contribution in [0.1, 0.15) is 18.1 Å². The van der Waals surface area contributed by atoms with Crippen LogP contribution in [0.5, 0.6) is 0 Å². The van der Waals surface area contributed by atoms with E-state index in [1.807, 2.05) is 0 Å². The number of likely N-dealkylation sites (N-methyl/N-ethyl adjacent to an activating group) is 1. The molecule has 0 radical (unpaired) electrons. The lowest BCUT2D eigenvalue weighted by atomic mass is 10.1. The SMILES string of the molecule is CNC(=O)[C@H](C)N(Cc1ccc(Cl)cc1Cl)C(=O)CN(c1ccc(C)c(Cl)c1)S(=O)(=O)c1ccccc1. The number of nitrogens with zero attached hydrogens (tertiary/aromatic N) is 2. The van der Waals surface area contributed by atoms with E-state index in [9.17, 15) is 18.0 Å². The molecule has 3 aromatic rings. The fraction of sp³-hybridized carbons (Fsp3) is 0.231. The van der Waals surface area contributed by atoms with Crippen molar-refractivity contribution >= 4 is 62.3 Å². The first kappa shape index (κ1) is 28.8. The number of carbonyl (C=O) groups excluding carboxylic acids is 2. The molecule has 3 rings (SSSR count). The van der Waals surface area contributed by atoms with Gasteiger partial charge >= 0.3 is 0 Å². The highest BCUT2D eigenvalue weighted by molar-refractivity contribution is 7.92. The summed E-state index contributed by atoms with van der Waals surface area (Å²) in [4.78, 5) is 27.6. The van der Waals surface area contributed by atoms with E-state index in [2.05, 4.69) is 5.32 Å². The highest BCUT2D eigenvalue weighted by atomic mass is 35.5.